The van der Waals surface area contributed by atoms with Crippen LogP contribution in [-0.2, 0) is 5.41 Å². The second-order valence-electron chi connectivity index (χ2n) is 16.9. The van der Waals surface area contributed by atoms with Gasteiger partial charge < -0.3 is 9.80 Å². The number of hydrogen-bond acceptors (Lipinski definition) is 2. The molecule has 61 heavy (non-hydrogen) atoms. The van der Waals surface area contributed by atoms with Crippen LogP contribution in [0, 0.1) is 0 Å². The number of anilines is 6. The van der Waals surface area contributed by atoms with E-state index in [0.29, 0.717) is 0 Å². The molecule has 0 aromatic heterocycles. The summed E-state index contributed by atoms with van der Waals surface area (Å²) in [6.45, 7) is 4.76. The fourth-order valence-corrected chi connectivity index (χ4v) is 10.2. The van der Waals surface area contributed by atoms with Crippen molar-refractivity contribution in [3.8, 4) is 11.1 Å². The largest absolute Gasteiger partial charge is 0.310 e. The van der Waals surface area contributed by atoms with Crippen molar-refractivity contribution in [1.29, 1.82) is 0 Å². The van der Waals surface area contributed by atoms with Gasteiger partial charge in [-0.05, 0) is 115 Å². The summed E-state index contributed by atoms with van der Waals surface area (Å²) < 4.78 is 0. The van der Waals surface area contributed by atoms with E-state index in [4.69, 9.17) is 0 Å². The predicted octanol–water partition coefficient (Wildman–Crippen LogP) is 16.7. The fourth-order valence-electron chi connectivity index (χ4n) is 10.2. The van der Waals surface area contributed by atoms with Gasteiger partial charge in [0.2, 0.25) is 0 Å². The molecule has 12 rings (SSSR count). The second-order valence-corrected chi connectivity index (χ2v) is 16.9. The maximum Gasteiger partial charge on any atom is 0.0540 e. The molecule has 0 fully saturated rings. The van der Waals surface area contributed by atoms with Gasteiger partial charge in [-0.25, -0.2) is 0 Å². The fraction of sp³-hybridized carbons (Fsp3) is 0.0508. The molecule has 0 saturated carbocycles. The van der Waals surface area contributed by atoms with E-state index in [1.165, 1.54) is 76.1 Å². The summed E-state index contributed by atoms with van der Waals surface area (Å²) in [7, 11) is 0. The molecule has 0 bridgehead atoms. The summed E-state index contributed by atoms with van der Waals surface area (Å²) in [5, 5.41) is 12.7. The highest BCUT2D eigenvalue weighted by Crippen LogP contribution is 2.52. The molecule has 2 heteroatoms. The van der Waals surface area contributed by atoms with Gasteiger partial charge in [-0.2, -0.15) is 0 Å². The van der Waals surface area contributed by atoms with E-state index in [-0.39, 0.29) is 5.41 Å². The third-order valence-corrected chi connectivity index (χ3v) is 13.2. The van der Waals surface area contributed by atoms with Crippen molar-refractivity contribution in [2.45, 2.75) is 19.3 Å². The first-order chi connectivity index (χ1) is 30.0. The highest BCUT2D eigenvalue weighted by molar-refractivity contribution is 6.16. The Morgan fingerprint density at radius 2 is 0.705 bits per heavy atom. The van der Waals surface area contributed by atoms with Crippen LogP contribution >= 0.6 is 0 Å². The lowest BCUT2D eigenvalue weighted by molar-refractivity contribution is 0.663. The summed E-state index contributed by atoms with van der Waals surface area (Å²) in [5.74, 6) is 0. The van der Waals surface area contributed by atoms with Crippen LogP contribution < -0.4 is 9.80 Å². The Labute approximate surface area is 356 Å². The first-order valence-corrected chi connectivity index (χ1v) is 21.3. The van der Waals surface area contributed by atoms with Crippen molar-refractivity contribution in [3.63, 3.8) is 0 Å². The molecule has 0 amide bonds. The number of rotatable bonds is 7. The minimum Gasteiger partial charge on any atom is -0.310 e. The molecule has 1 aliphatic carbocycles. The molecular formula is C59H42N2. The minimum atomic E-state index is -0.116. The molecule has 0 saturated heterocycles. The second kappa shape index (κ2) is 13.7. The number of nitrogens with zero attached hydrogens (tertiary/aromatic N) is 2. The Balaban J connectivity index is 0.967. The first-order valence-electron chi connectivity index (χ1n) is 21.3. The normalized spacial score (nSPS) is 12.9. The van der Waals surface area contributed by atoms with Crippen LogP contribution in [0.2, 0.25) is 0 Å². The maximum absolute atomic E-state index is 2.46. The van der Waals surface area contributed by atoms with Crippen LogP contribution in [0.25, 0.3) is 65.0 Å². The molecule has 0 aliphatic heterocycles. The van der Waals surface area contributed by atoms with Crippen molar-refractivity contribution in [2.24, 2.45) is 0 Å². The van der Waals surface area contributed by atoms with Gasteiger partial charge in [0.15, 0.2) is 0 Å². The van der Waals surface area contributed by atoms with Gasteiger partial charge in [-0.15, -0.1) is 0 Å². The highest BCUT2D eigenvalue weighted by atomic mass is 15.1. The quantitative estimate of drug-likeness (QED) is 0.149. The van der Waals surface area contributed by atoms with Gasteiger partial charge in [0, 0.05) is 38.6 Å². The Morgan fingerprint density at radius 1 is 0.295 bits per heavy atom. The van der Waals surface area contributed by atoms with Crippen LogP contribution in [-0.4, -0.2) is 0 Å². The summed E-state index contributed by atoms with van der Waals surface area (Å²) in [6.07, 6.45) is 0. The first kappa shape index (κ1) is 35.3. The molecular weight excluding hydrogens is 737 g/mol. The smallest absolute Gasteiger partial charge is 0.0540 e. The lowest BCUT2D eigenvalue weighted by Crippen LogP contribution is -2.17. The maximum atomic E-state index is 2.46. The number of hydrogen-bond donors (Lipinski definition) is 0. The van der Waals surface area contributed by atoms with Crippen LogP contribution in [0.4, 0.5) is 34.1 Å². The third-order valence-electron chi connectivity index (χ3n) is 13.2. The van der Waals surface area contributed by atoms with Gasteiger partial charge in [-0.1, -0.05) is 178 Å². The third kappa shape index (κ3) is 5.56. The summed E-state index contributed by atoms with van der Waals surface area (Å²) in [6, 6.07) is 80.3. The zero-order chi connectivity index (χ0) is 40.7. The van der Waals surface area contributed by atoms with Crippen LogP contribution in [0.3, 0.4) is 0 Å². The van der Waals surface area contributed by atoms with E-state index in [0.717, 1.165) is 34.1 Å². The van der Waals surface area contributed by atoms with Gasteiger partial charge in [-0.3, -0.25) is 0 Å². The van der Waals surface area contributed by atoms with Gasteiger partial charge in [0.1, 0.15) is 0 Å². The van der Waals surface area contributed by atoms with Gasteiger partial charge >= 0.3 is 0 Å². The van der Waals surface area contributed by atoms with E-state index in [1.807, 2.05) is 0 Å². The van der Waals surface area contributed by atoms with Crippen molar-refractivity contribution < 1.29 is 0 Å². The molecule has 11 aromatic carbocycles. The number of benzene rings is 11. The molecule has 0 heterocycles. The van der Waals surface area contributed by atoms with E-state index in [9.17, 15) is 0 Å². The average molecular weight is 779 g/mol. The molecule has 0 unspecified atom stereocenters. The molecule has 0 N–H and O–H groups in total. The van der Waals surface area contributed by atoms with Gasteiger partial charge in [0.25, 0.3) is 0 Å². The lowest BCUT2D eigenvalue weighted by Gasteiger charge is -2.29. The molecule has 11 aromatic rings. The number of fused-ring (bicyclic) bond motifs is 3. The zero-order valence-corrected chi connectivity index (χ0v) is 34.2. The average Bonchev–Trinajstić information content (AvgIpc) is 3.55. The molecule has 0 spiro atoms. The lowest BCUT2D eigenvalue weighted by atomic mass is 9.81. The van der Waals surface area contributed by atoms with Crippen LogP contribution in [0.1, 0.15) is 25.0 Å². The van der Waals surface area contributed by atoms with E-state index < -0.39 is 0 Å². The van der Waals surface area contributed by atoms with Crippen molar-refractivity contribution in [2.75, 3.05) is 9.80 Å². The standard InChI is InChI=1S/C59H42N2/c1-59(2)52-23-9-19-44-27-28-45-37-48(38-53(59)58(45)57(44)52)60(54-24-10-16-41-13-3-6-20-49(41)54)46-33-29-39(30-34-46)40-31-35-47(36-32-40)61(55-25-11-17-42-14-4-7-21-50(42)55)56-26-12-18-43-15-5-8-22-51(43)56/h3-38H,1-2H3. The van der Waals surface area contributed by atoms with Crippen molar-refractivity contribution >= 4 is 88.0 Å². The van der Waals surface area contributed by atoms with Crippen LogP contribution in [0.5, 0.6) is 0 Å². The predicted molar refractivity (Wildman–Crippen MR) is 261 cm³/mol. The Bertz CT molecular complexity index is 3410. The molecule has 2 nitrogen and oxygen atoms in total. The monoisotopic (exact) mass is 778 g/mol. The van der Waals surface area contributed by atoms with Crippen molar-refractivity contribution in [3.05, 3.63) is 230 Å². The van der Waals surface area contributed by atoms with E-state index >= 15 is 0 Å². The summed E-state index contributed by atoms with van der Waals surface area (Å²) in [5.41, 5.74) is 11.9. The summed E-state index contributed by atoms with van der Waals surface area (Å²) in [4.78, 5) is 4.87. The molecule has 0 atom stereocenters. The highest BCUT2D eigenvalue weighted by Gasteiger charge is 2.35. The minimum absolute atomic E-state index is 0.116. The van der Waals surface area contributed by atoms with E-state index in [2.05, 4.69) is 242 Å². The Morgan fingerprint density at radius 3 is 1.25 bits per heavy atom. The molecule has 288 valence electrons. The SMILES string of the molecule is CC1(C)c2cccc3ccc4cc(N(c5ccc(-c6ccc(N(c7cccc8ccccc78)c7cccc8ccccc78)cc6)cc5)c5cccc6ccccc56)cc1c4c23. The molecule has 1 aliphatic rings. The van der Waals surface area contributed by atoms with Crippen molar-refractivity contribution in [1.82, 2.24) is 0 Å². The Hall–Kier alpha value is -7.68. The zero-order valence-electron chi connectivity index (χ0n) is 34.2. The topological polar surface area (TPSA) is 6.48 Å². The Kier molecular flexibility index (Phi) is 7.92. The van der Waals surface area contributed by atoms with Gasteiger partial charge in [0.05, 0.1) is 17.1 Å². The van der Waals surface area contributed by atoms with Crippen LogP contribution in [0.15, 0.2) is 218 Å². The molecule has 0 radical (unpaired) electrons. The van der Waals surface area contributed by atoms with E-state index in [1.54, 1.807) is 0 Å². The summed E-state index contributed by atoms with van der Waals surface area (Å²) >= 11 is 0.